The monoisotopic (exact) mass is 596 g/mol. The number of carbonyl (C=O) groups is 4. The number of alkyl halides is 3. The summed E-state index contributed by atoms with van der Waals surface area (Å²) in [4.78, 5) is 52.8. The first-order chi connectivity index (χ1) is 20.0. The van der Waals surface area contributed by atoms with Crippen molar-refractivity contribution in [3.8, 4) is 0 Å². The largest absolute Gasteiger partial charge is 0.452 e. The highest BCUT2D eigenvalue weighted by molar-refractivity contribution is 6.33. The predicted octanol–water partition coefficient (Wildman–Crippen LogP) is 6.08. The minimum Gasteiger partial charge on any atom is -0.452 e. The van der Waals surface area contributed by atoms with Gasteiger partial charge in [0.15, 0.2) is 6.61 Å². The molecule has 2 bridgehead atoms. The fourth-order valence-corrected chi connectivity index (χ4v) is 6.91. The molecule has 0 radical (unpaired) electrons. The number of esters is 1. The zero-order valence-corrected chi connectivity index (χ0v) is 22.7. The molecular formula is C31H24ClF3N2O5. The van der Waals surface area contributed by atoms with Crippen LogP contribution in [0.4, 0.5) is 24.5 Å². The van der Waals surface area contributed by atoms with Crippen molar-refractivity contribution in [3.63, 3.8) is 0 Å². The van der Waals surface area contributed by atoms with Crippen LogP contribution < -0.4 is 10.2 Å². The number of halogens is 4. The summed E-state index contributed by atoms with van der Waals surface area (Å²) in [6, 6.07) is 18.3. The lowest BCUT2D eigenvalue weighted by atomic mass is 9.73. The van der Waals surface area contributed by atoms with Crippen molar-refractivity contribution in [2.75, 3.05) is 16.8 Å². The van der Waals surface area contributed by atoms with Gasteiger partial charge < -0.3 is 10.1 Å². The number of imide groups is 1. The van der Waals surface area contributed by atoms with Gasteiger partial charge in [0.25, 0.3) is 5.91 Å². The van der Waals surface area contributed by atoms with Gasteiger partial charge in [-0.25, -0.2) is 4.79 Å². The highest BCUT2D eigenvalue weighted by atomic mass is 35.5. The Morgan fingerprint density at radius 2 is 1.62 bits per heavy atom. The molecule has 216 valence electrons. The number of amides is 3. The van der Waals surface area contributed by atoms with Gasteiger partial charge >= 0.3 is 12.1 Å². The zero-order valence-electron chi connectivity index (χ0n) is 21.9. The molecule has 0 aromatic heterocycles. The summed E-state index contributed by atoms with van der Waals surface area (Å²) in [6.45, 7) is -0.773. The molecule has 42 heavy (non-hydrogen) atoms. The number of nitrogens with zero attached hydrogens (tertiary/aromatic N) is 1. The number of benzene rings is 3. The molecule has 7 nitrogen and oxygen atoms in total. The summed E-state index contributed by atoms with van der Waals surface area (Å²) in [5.74, 6) is -2.40. The number of hydrogen-bond donors (Lipinski definition) is 1. The number of ether oxygens (including phenoxy) is 1. The fourth-order valence-electron chi connectivity index (χ4n) is 6.74. The van der Waals surface area contributed by atoms with E-state index in [2.05, 4.69) is 17.4 Å². The SMILES string of the molecule is O=C(COC(=O)c1ccc(N2C(=O)[C@@H]3[C@@H]4C[C@@H]([C@@H]3C2=O)[C@H](c2ccccc2)C4)cc1)Nc1cc(C(F)(F)F)ccc1Cl. The molecular weight excluding hydrogens is 573 g/mol. The van der Waals surface area contributed by atoms with Gasteiger partial charge in [-0.1, -0.05) is 41.9 Å². The second kappa shape index (κ2) is 10.6. The average Bonchev–Trinajstić information content (AvgIpc) is 3.64. The van der Waals surface area contributed by atoms with Gasteiger partial charge in [-0.2, -0.15) is 13.2 Å². The van der Waals surface area contributed by atoms with E-state index in [9.17, 15) is 32.3 Å². The molecule has 3 amide bonds. The lowest BCUT2D eigenvalue weighted by Crippen LogP contribution is -2.33. The minimum absolute atomic E-state index is 0.0622. The summed E-state index contributed by atoms with van der Waals surface area (Å²) in [5.41, 5.74) is 0.332. The van der Waals surface area contributed by atoms with Gasteiger partial charge in [0, 0.05) is 0 Å². The van der Waals surface area contributed by atoms with Crippen LogP contribution in [0.1, 0.15) is 40.2 Å². The van der Waals surface area contributed by atoms with Crippen molar-refractivity contribution in [1.82, 2.24) is 0 Å². The first-order valence-electron chi connectivity index (χ1n) is 13.4. The van der Waals surface area contributed by atoms with Gasteiger partial charge in [-0.05, 0) is 78.6 Å². The Morgan fingerprint density at radius 1 is 0.929 bits per heavy atom. The molecule has 3 fully saturated rings. The van der Waals surface area contributed by atoms with Crippen LogP contribution in [0.15, 0.2) is 72.8 Å². The maximum Gasteiger partial charge on any atom is 0.416 e. The lowest BCUT2D eigenvalue weighted by molar-refractivity contribution is -0.137. The van der Waals surface area contributed by atoms with Crippen LogP contribution in [0.2, 0.25) is 5.02 Å². The Labute approximate surface area is 243 Å². The van der Waals surface area contributed by atoms with Crippen LogP contribution in [0.25, 0.3) is 0 Å². The Balaban J connectivity index is 1.09. The van der Waals surface area contributed by atoms with Crippen LogP contribution in [0.5, 0.6) is 0 Å². The number of rotatable bonds is 6. The predicted molar refractivity (Wildman–Crippen MR) is 147 cm³/mol. The quantitative estimate of drug-likeness (QED) is 0.275. The van der Waals surface area contributed by atoms with Crippen molar-refractivity contribution in [2.45, 2.75) is 24.9 Å². The second-order valence-corrected chi connectivity index (χ2v) is 11.2. The Bertz CT molecular complexity index is 1580. The number of nitrogens with one attached hydrogen (secondary N) is 1. The van der Waals surface area contributed by atoms with Crippen molar-refractivity contribution in [1.29, 1.82) is 0 Å². The van der Waals surface area contributed by atoms with Gasteiger partial charge in [0.2, 0.25) is 11.8 Å². The van der Waals surface area contributed by atoms with Gasteiger partial charge in [-0.3, -0.25) is 19.3 Å². The van der Waals surface area contributed by atoms with E-state index < -0.39 is 30.2 Å². The third kappa shape index (κ3) is 4.93. The topological polar surface area (TPSA) is 92.8 Å². The maximum atomic E-state index is 13.5. The fraction of sp³-hybridized carbons (Fsp3) is 0.290. The third-order valence-corrected chi connectivity index (χ3v) is 8.84. The molecule has 5 atom stereocenters. The molecule has 3 aliphatic rings. The Hall–Kier alpha value is -4.18. The normalized spacial score (nSPS) is 24.6. The standard InChI is InChI=1S/C31H24ClF3N2O5/c32-23-11-8-19(31(33,34)35)14-24(23)36-25(38)15-42-30(41)17-6-9-20(10-7-17)37-28(39)26-18-12-21(16-4-2-1-3-5-16)22(13-18)27(26)29(37)40/h1-11,14,18,21-22,26-27H,12-13,15H2,(H,36,38)/t18-,21-,22+,26+,27-/m0/s1. The van der Waals surface area contributed by atoms with Crippen molar-refractivity contribution in [2.24, 2.45) is 23.7 Å². The first-order valence-corrected chi connectivity index (χ1v) is 13.8. The number of fused-ring (bicyclic) bond motifs is 5. The molecule has 3 aromatic carbocycles. The average molecular weight is 597 g/mol. The summed E-state index contributed by atoms with van der Waals surface area (Å²) in [5, 5.41) is 2.09. The Kier molecular flexibility index (Phi) is 7.04. The molecule has 2 saturated carbocycles. The van der Waals surface area contributed by atoms with E-state index in [0.717, 1.165) is 25.0 Å². The highest BCUT2D eigenvalue weighted by Crippen LogP contribution is 2.61. The van der Waals surface area contributed by atoms with Gasteiger partial charge in [0.05, 0.1) is 39.4 Å². The molecule has 2 aliphatic carbocycles. The van der Waals surface area contributed by atoms with E-state index in [-0.39, 0.29) is 57.7 Å². The molecule has 0 spiro atoms. The van der Waals surface area contributed by atoms with Crippen LogP contribution in [-0.2, 0) is 25.3 Å². The molecule has 1 N–H and O–H groups in total. The molecule has 11 heteroatoms. The van der Waals surface area contributed by atoms with E-state index in [1.165, 1.54) is 34.7 Å². The maximum absolute atomic E-state index is 13.5. The molecule has 0 unspecified atom stereocenters. The molecule has 6 rings (SSSR count). The summed E-state index contributed by atoms with van der Waals surface area (Å²) in [7, 11) is 0. The van der Waals surface area contributed by atoms with Crippen LogP contribution in [-0.4, -0.2) is 30.3 Å². The van der Waals surface area contributed by atoms with E-state index in [0.29, 0.717) is 11.8 Å². The van der Waals surface area contributed by atoms with Crippen molar-refractivity contribution >= 4 is 46.7 Å². The third-order valence-electron chi connectivity index (χ3n) is 8.51. The molecule has 3 aromatic rings. The van der Waals surface area contributed by atoms with Crippen molar-refractivity contribution in [3.05, 3.63) is 94.5 Å². The van der Waals surface area contributed by atoms with E-state index in [1.54, 1.807) is 0 Å². The summed E-state index contributed by atoms with van der Waals surface area (Å²) >= 11 is 5.88. The summed E-state index contributed by atoms with van der Waals surface area (Å²) in [6.07, 6.45) is -2.89. The van der Waals surface area contributed by atoms with Gasteiger partial charge in [0.1, 0.15) is 0 Å². The van der Waals surface area contributed by atoms with Crippen LogP contribution in [0.3, 0.4) is 0 Å². The number of hydrogen-bond acceptors (Lipinski definition) is 5. The number of carbonyl (C=O) groups excluding carboxylic acids is 4. The summed E-state index contributed by atoms with van der Waals surface area (Å²) < 4.78 is 43.9. The lowest BCUT2D eigenvalue weighted by Gasteiger charge is -2.28. The van der Waals surface area contributed by atoms with Crippen molar-refractivity contribution < 1.29 is 37.1 Å². The first kappa shape index (κ1) is 28.0. The minimum atomic E-state index is -4.63. The molecule has 1 aliphatic heterocycles. The van der Waals surface area contributed by atoms with E-state index in [1.807, 2.05) is 18.2 Å². The number of anilines is 2. The van der Waals surface area contributed by atoms with Crippen LogP contribution in [0, 0.1) is 23.7 Å². The van der Waals surface area contributed by atoms with Gasteiger partial charge in [-0.15, -0.1) is 0 Å². The molecule has 1 heterocycles. The van der Waals surface area contributed by atoms with E-state index >= 15 is 0 Å². The highest BCUT2D eigenvalue weighted by Gasteiger charge is 2.64. The van der Waals surface area contributed by atoms with Crippen LogP contribution >= 0.6 is 11.6 Å². The molecule has 1 saturated heterocycles. The second-order valence-electron chi connectivity index (χ2n) is 10.8. The Morgan fingerprint density at radius 3 is 2.31 bits per heavy atom. The smallest absolute Gasteiger partial charge is 0.416 e. The zero-order chi connectivity index (χ0) is 29.8. The van der Waals surface area contributed by atoms with E-state index in [4.69, 9.17) is 16.3 Å².